The van der Waals surface area contributed by atoms with Crippen LogP contribution in [0.3, 0.4) is 0 Å². The number of nitrogens with zero attached hydrogens (tertiary/aromatic N) is 1. The second-order valence-corrected chi connectivity index (χ2v) is 8.24. The molecule has 1 N–H and O–H groups in total. The van der Waals surface area contributed by atoms with Crippen LogP contribution in [-0.4, -0.2) is 41.1 Å². The Balaban J connectivity index is 1.46. The fraction of sp³-hybridized carbons (Fsp3) is 0.458. The molecule has 4 rings (SSSR count). The molecule has 1 saturated carbocycles. The molecular formula is C24H28N2O3. The Hall–Kier alpha value is -2.69. The molecule has 5 heteroatoms. The van der Waals surface area contributed by atoms with E-state index in [1.54, 1.807) is 11.0 Å². The van der Waals surface area contributed by atoms with Crippen LogP contribution >= 0.6 is 0 Å². The Labute approximate surface area is 171 Å². The summed E-state index contributed by atoms with van der Waals surface area (Å²) < 4.78 is 0. The van der Waals surface area contributed by atoms with Gasteiger partial charge in [0, 0.05) is 18.2 Å². The summed E-state index contributed by atoms with van der Waals surface area (Å²) in [5.74, 6) is -1.17. The summed E-state index contributed by atoms with van der Waals surface area (Å²) in [7, 11) is 0. The zero-order valence-corrected chi connectivity index (χ0v) is 16.7. The van der Waals surface area contributed by atoms with Gasteiger partial charge in [0.15, 0.2) is 0 Å². The van der Waals surface area contributed by atoms with Gasteiger partial charge in [0.1, 0.15) is 6.04 Å². The number of hydrogen-bond donors (Lipinski definition) is 1. The van der Waals surface area contributed by atoms with Gasteiger partial charge < -0.3 is 10.2 Å². The van der Waals surface area contributed by atoms with E-state index in [0.29, 0.717) is 18.5 Å². The van der Waals surface area contributed by atoms with Gasteiger partial charge >= 0.3 is 0 Å². The molecule has 5 nitrogen and oxygen atoms in total. The third kappa shape index (κ3) is 4.34. The van der Waals surface area contributed by atoms with Crippen molar-refractivity contribution in [1.82, 2.24) is 10.2 Å². The van der Waals surface area contributed by atoms with Crippen molar-refractivity contribution >= 4 is 28.4 Å². The molecule has 1 aliphatic heterocycles. The Bertz CT molecular complexity index is 915. The van der Waals surface area contributed by atoms with Crippen LogP contribution in [0.1, 0.15) is 61.7 Å². The minimum absolute atomic E-state index is 0.0833. The molecular weight excluding hydrogens is 364 g/mol. The predicted molar refractivity (Wildman–Crippen MR) is 113 cm³/mol. The van der Waals surface area contributed by atoms with E-state index in [0.717, 1.165) is 42.9 Å². The Morgan fingerprint density at radius 1 is 0.828 bits per heavy atom. The SMILES string of the molecule is O=C(NC1CCCCCC1)C(=O)C1CCCN1C(=O)c1ccc2ccccc2c1. The molecule has 1 unspecified atom stereocenters. The normalized spacial score (nSPS) is 20.4. The first-order chi connectivity index (χ1) is 14.1. The van der Waals surface area contributed by atoms with Gasteiger partial charge in [-0.25, -0.2) is 0 Å². The van der Waals surface area contributed by atoms with E-state index in [1.165, 1.54) is 12.8 Å². The molecule has 29 heavy (non-hydrogen) atoms. The average Bonchev–Trinajstić information content (AvgIpc) is 3.10. The Morgan fingerprint density at radius 2 is 1.55 bits per heavy atom. The van der Waals surface area contributed by atoms with E-state index in [4.69, 9.17) is 0 Å². The number of rotatable bonds is 4. The Morgan fingerprint density at radius 3 is 2.31 bits per heavy atom. The smallest absolute Gasteiger partial charge is 0.289 e. The lowest BCUT2D eigenvalue weighted by Gasteiger charge is -2.24. The number of amides is 2. The maximum absolute atomic E-state index is 13.1. The summed E-state index contributed by atoms with van der Waals surface area (Å²) in [5, 5.41) is 4.99. The fourth-order valence-electron chi connectivity index (χ4n) is 4.60. The number of ketones is 1. The van der Waals surface area contributed by atoms with Crippen molar-refractivity contribution in [3.63, 3.8) is 0 Å². The predicted octanol–water partition coefficient (Wildman–Crippen LogP) is 3.85. The molecule has 1 heterocycles. The van der Waals surface area contributed by atoms with Gasteiger partial charge in [-0.3, -0.25) is 14.4 Å². The van der Waals surface area contributed by atoms with E-state index in [2.05, 4.69) is 5.32 Å². The number of carbonyl (C=O) groups is 3. The van der Waals surface area contributed by atoms with Crippen molar-refractivity contribution in [2.75, 3.05) is 6.54 Å². The summed E-state index contributed by atoms with van der Waals surface area (Å²) in [6.07, 6.45) is 7.73. The average molecular weight is 392 g/mol. The first-order valence-corrected chi connectivity index (χ1v) is 10.8. The highest BCUT2D eigenvalue weighted by atomic mass is 16.2. The molecule has 152 valence electrons. The summed E-state index contributed by atoms with van der Waals surface area (Å²) in [5.41, 5.74) is 0.563. The first-order valence-electron chi connectivity index (χ1n) is 10.8. The Kier molecular flexibility index (Phi) is 5.93. The third-order valence-corrected chi connectivity index (χ3v) is 6.23. The molecule has 0 aromatic heterocycles. The maximum atomic E-state index is 13.1. The van der Waals surface area contributed by atoms with Crippen LogP contribution in [0.4, 0.5) is 0 Å². The van der Waals surface area contributed by atoms with E-state index in [9.17, 15) is 14.4 Å². The van der Waals surface area contributed by atoms with Crippen molar-refractivity contribution in [3.05, 3.63) is 48.0 Å². The molecule has 2 aromatic carbocycles. The molecule has 0 radical (unpaired) electrons. The quantitative estimate of drug-likeness (QED) is 0.635. The molecule has 2 amide bonds. The summed E-state index contributed by atoms with van der Waals surface area (Å²) in [6.45, 7) is 0.513. The first kappa shape index (κ1) is 19.6. The van der Waals surface area contributed by atoms with E-state index < -0.39 is 17.7 Å². The van der Waals surface area contributed by atoms with Gasteiger partial charge in [0.2, 0.25) is 5.78 Å². The lowest BCUT2D eigenvalue weighted by atomic mass is 10.0. The zero-order valence-electron chi connectivity index (χ0n) is 16.7. The maximum Gasteiger partial charge on any atom is 0.289 e. The van der Waals surface area contributed by atoms with Crippen LogP contribution in [0.5, 0.6) is 0 Å². The molecule has 0 spiro atoms. The topological polar surface area (TPSA) is 66.5 Å². The van der Waals surface area contributed by atoms with Crippen LogP contribution in [-0.2, 0) is 9.59 Å². The molecule has 1 saturated heterocycles. The molecule has 2 fully saturated rings. The minimum Gasteiger partial charge on any atom is -0.347 e. The van der Waals surface area contributed by atoms with E-state index >= 15 is 0 Å². The van der Waals surface area contributed by atoms with Crippen LogP contribution in [0.2, 0.25) is 0 Å². The molecule has 0 bridgehead atoms. The zero-order chi connectivity index (χ0) is 20.2. The summed E-state index contributed by atoms with van der Waals surface area (Å²) in [6, 6.07) is 12.9. The summed E-state index contributed by atoms with van der Waals surface area (Å²) >= 11 is 0. The number of nitrogens with one attached hydrogen (secondary N) is 1. The largest absolute Gasteiger partial charge is 0.347 e. The molecule has 1 atom stereocenters. The number of likely N-dealkylation sites (tertiary alicyclic amines) is 1. The molecule has 2 aliphatic rings. The second-order valence-electron chi connectivity index (χ2n) is 8.24. The number of fused-ring (bicyclic) bond motifs is 1. The highest BCUT2D eigenvalue weighted by Crippen LogP contribution is 2.24. The van der Waals surface area contributed by atoms with Gasteiger partial charge in [-0.05, 0) is 48.6 Å². The highest BCUT2D eigenvalue weighted by Gasteiger charge is 2.38. The van der Waals surface area contributed by atoms with E-state index in [-0.39, 0.29) is 11.9 Å². The van der Waals surface area contributed by atoms with Crippen LogP contribution in [0.15, 0.2) is 42.5 Å². The molecule has 2 aromatic rings. The monoisotopic (exact) mass is 392 g/mol. The minimum atomic E-state index is -0.653. The summed E-state index contributed by atoms with van der Waals surface area (Å²) in [4.78, 5) is 40.1. The number of benzene rings is 2. The van der Waals surface area contributed by atoms with Crippen LogP contribution in [0.25, 0.3) is 10.8 Å². The van der Waals surface area contributed by atoms with Crippen molar-refractivity contribution in [2.24, 2.45) is 0 Å². The van der Waals surface area contributed by atoms with Gasteiger partial charge in [-0.15, -0.1) is 0 Å². The van der Waals surface area contributed by atoms with Gasteiger partial charge in [0.25, 0.3) is 11.8 Å². The van der Waals surface area contributed by atoms with E-state index in [1.807, 2.05) is 36.4 Å². The van der Waals surface area contributed by atoms with Crippen LogP contribution in [0, 0.1) is 0 Å². The van der Waals surface area contributed by atoms with Gasteiger partial charge in [-0.2, -0.15) is 0 Å². The van der Waals surface area contributed by atoms with Crippen molar-refractivity contribution in [1.29, 1.82) is 0 Å². The number of hydrogen-bond acceptors (Lipinski definition) is 3. The third-order valence-electron chi connectivity index (χ3n) is 6.23. The standard InChI is InChI=1S/C24H28N2O3/c27-22(23(28)25-20-10-3-1-2-4-11-20)21-12-7-15-26(21)24(29)19-14-13-17-8-5-6-9-18(17)16-19/h5-6,8-9,13-14,16,20-21H,1-4,7,10-12,15H2,(H,25,28). The molecule has 1 aliphatic carbocycles. The second kappa shape index (κ2) is 8.76. The number of Topliss-reactive ketones (excluding diaryl/α,β-unsaturated/α-hetero) is 1. The number of carbonyl (C=O) groups excluding carboxylic acids is 3. The fourth-order valence-corrected chi connectivity index (χ4v) is 4.60. The van der Waals surface area contributed by atoms with Gasteiger partial charge in [0.05, 0.1) is 0 Å². The lowest BCUT2D eigenvalue weighted by Crippen LogP contribution is -2.48. The van der Waals surface area contributed by atoms with Crippen molar-refractivity contribution in [2.45, 2.75) is 63.5 Å². The van der Waals surface area contributed by atoms with Crippen LogP contribution < -0.4 is 5.32 Å². The highest BCUT2D eigenvalue weighted by molar-refractivity contribution is 6.38. The van der Waals surface area contributed by atoms with Crippen molar-refractivity contribution in [3.8, 4) is 0 Å². The van der Waals surface area contributed by atoms with Gasteiger partial charge in [-0.1, -0.05) is 56.0 Å². The van der Waals surface area contributed by atoms with Crippen molar-refractivity contribution < 1.29 is 14.4 Å². The lowest BCUT2D eigenvalue weighted by molar-refractivity contribution is -0.140.